The molecule has 1 aliphatic heterocycles. The third kappa shape index (κ3) is 3.59. The molecule has 0 aliphatic carbocycles. The molecule has 1 amide bonds. The molecule has 0 spiro atoms. The summed E-state index contributed by atoms with van der Waals surface area (Å²) < 4.78 is 15.2. The van der Waals surface area contributed by atoms with Crippen molar-refractivity contribution in [3.8, 4) is 0 Å². The maximum absolute atomic E-state index is 13.4. The van der Waals surface area contributed by atoms with Crippen molar-refractivity contribution in [2.24, 2.45) is 0 Å². The molecule has 1 aromatic heterocycles. The predicted octanol–water partition coefficient (Wildman–Crippen LogP) is 5.01. The number of allylic oxidation sites excluding steroid dienone is 1. The molecule has 33 heavy (non-hydrogen) atoms. The summed E-state index contributed by atoms with van der Waals surface area (Å²) in [5.41, 5.74) is 3.68. The predicted molar refractivity (Wildman–Crippen MR) is 122 cm³/mol. The van der Waals surface area contributed by atoms with E-state index in [1.807, 2.05) is 28.8 Å². The fraction of sp³-hybridized carbons (Fsp3) is 0.0833. The quantitative estimate of drug-likeness (QED) is 0.341. The summed E-state index contributed by atoms with van der Waals surface area (Å²) in [6.45, 7) is 1.78. The third-order valence-electron chi connectivity index (χ3n) is 5.60. The molecule has 5 rings (SSSR count). The molecular formula is C24H18FN5O3. The van der Waals surface area contributed by atoms with Gasteiger partial charge in [-0.05, 0) is 61.0 Å². The van der Waals surface area contributed by atoms with E-state index in [9.17, 15) is 19.3 Å². The lowest BCUT2D eigenvalue weighted by Crippen LogP contribution is -2.30. The van der Waals surface area contributed by atoms with Crippen LogP contribution < -0.4 is 10.6 Å². The van der Waals surface area contributed by atoms with E-state index < -0.39 is 16.8 Å². The molecule has 0 bridgehead atoms. The van der Waals surface area contributed by atoms with Crippen LogP contribution in [-0.2, 0) is 4.79 Å². The van der Waals surface area contributed by atoms with Crippen LogP contribution in [0.15, 0.2) is 84.1 Å². The van der Waals surface area contributed by atoms with Gasteiger partial charge in [0.2, 0.25) is 5.95 Å². The molecule has 2 N–H and O–H groups in total. The molecule has 2 heterocycles. The summed E-state index contributed by atoms with van der Waals surface area (Å²) in [6, 6.07) is 18.6. The molecule has 0 saturated heterocycles. The van der Waals surface area contributed by atoms with Crippen LogP contribution in [0.25, 0.3) is 11.0 Å². The van der Waals surface area contributed by atoms with Crippen LogP contribution in [-0.4, -0.2) is 20.4 Å². The van der Waals surface area contributed by atoms with E-state index in [-0.39, 0.29) is 11.6 Å². The number of hydrogen-bond acceptors (Lipinski definition) is 5. The number of non-ortho nitro benzene ring substituents is 1. The number of nitro benzene ring substituents is 1. The maximum atomic E-state index is 13.4. The molecule has 3 aromatic carbocycles. The van der Waals surface area contributed by atoms with E-state index in [0.29, 0.717) is 28.5 Å². The van der Waals surface area contributed by atoms with E-state index in [4.69, 9.17) is 0 Å². The van der Waals surface area contributed by atoms with Gasteiger partial charge in [0.05, 0.1) is 27.6 Å². The van der Waals surface area contributed by atoms with Crippen molar-refractivity contribution in [3.63, 3.8) is 0 Å². The Bertz CT molecular complexity index is 1430. The number of nitrogens with one attached hydrogen (secondary N) is 2. The summed E-state index contributed by atoms with van der Waals surface area (Å²) >= 11 is 0. The highest BCUT2D eigenvalue weighted by atomic mass is 19.1. The summed E-state index contributed by atoms with van der Waals surface area (Å²) in [5, 5.41) is 17.2. The minimum atomic E-state index is -0.588. The normalized spacial score (nSPS) is 15.2. The first kappa shape index (κ1) is 20.4. The topological polar surface area (TPSA) is 102 Å². The number of benzene rings is 3. The number of fused-ring (bicyclic) bond motifs is 3. The van der Waals surface area contributed by atoms with Crippen molar-refractivity contribution >= 4 is 34.3 Å². The number of anilines is 2. The van der Waals surface area contributed by atoms with Crippen LogP contribution in [0.1, 0.15) is 18.5 Å². The van der Waals surface area contributed by atoms with Gasteiger partial charge in [0, 0.05) is 23.5 Å². The Morgan fingerprint density at radius 1 is 1.09 bits per heavy atom. The van der Waals surface area contributed by atoms with Gasteiger partial charge in [-0.3, -0.25) is 19.5 Å². The molecule has 0 fully saturated rings. The second-order valence-corrected chi connectivity index (χ2v) is 7.67. The van der Waals surface area contributed by atoms with Gasteiger partial charge in [0.25, 0.3) is 11.6 Å². The number of amides is 1. The van der Waals surface area contributed by atoms with Crippen molar-refractivity contribution in [2.75, 3.05) is 10.6 Å². The van der Waals surface area contributed by atoms with Gasteiger partial charge in [-0.2, -0.15) is 0 Å². The standard InChI is InChI=1S/C24H18FN5O3/c1-14-21(23(31)27-17-10-8-16(25)9-11-17)22(15-6-12-18(13-7-15)30(32)33)29-20-5-3-2-4-19(20)28-24(29)26-14/h2-13,22H,1H3,(H,26,28)(H,27,31)/t22-/m1/s1. The molecule has 4 aromatic rings. The zero-order chi connectivity index (χ0) is 23.1. The number of hydrogen-bond donors (Lipinski definition) is 2. The molecule has 0 unspecified atom stereocenters. The Morgan fingerprint density at radius 2 is 1.79 bits per heavy atom. The van der Waals surface area contributed by atoms with Crippen molar-refractivity contribution in [2.45, 2.75) is 13.0 Å². The van der Waals surface area contributed by atoms with Gasteiger partial charge in [-0.15, -0.1) is 0 Å². The fourth-order valence-electron chi connectivity index (χ4n) is 4.08. The van der Waals surface area contributed by atoms with Crippen molar-refractivity contribution in [1.29, 1.82) is 0 Å². The largest absolute Gasteiger partial charge is 0.329 e. The van der Waals surface area contributed by atoms with Gasteiger partial charge in [-0.25, -0.2) is 9.37 Å². The van der Waals surface area contributed by atoms with Crippen molar-refractivity contribution in [1.82, 2.24) is 9.55 Å². The highest BCUT2D eigenvalue weighted by molar-refractivity contribution is 6.06. The van der Waals surface area contributed by atoms with Gasteiger partial charge in [0.15, 0.2) is 0 Å². The summed E-state index contributed by atoms with van der Waals surface area (Å²) in [6.07, 6.45) is 0. The number of halogens is 1. The van der Waals surface area contributed by atoms with Crippen LogP contribution >= 0.6 is 0 Å². The van der Waals surface area contributed by atoms with Crippen molar-refractivity contribution < 1.29 is 14.1 Å². The lowest BCUT2D eigenvalue weighted by molar-refractivity contribution is -0.384. The molecule has 9 heteroatoms. The molecule has 1 aliphatic rings. The van der Waals surface area contributed by atoms with E-state index in [2.05, 4.69) is 15.6 Å². The lowest BCUT2D eigenvalue weighted by Gasteiger charge is -2.30. The molecule has 0 saturated carbocycles. The number of para-hydroxylation sites is 2. The summed E-state index contributed by atoms with van der Waals surface area (Å²) in [5.74, 6) is -0.213. The van der Waals surface area contributed by atoms with Crippen molar-refractivity contribution in [3.05, 3.63) is 106 Å². The number of carbonyl (C=O) groups is 1. The average Bonchev–Trinajstić information content (AvgIpc) is 3.17. The first-order chi connectivity index (χ1) is 15.9. The Labute approximate surface area is 187 Å². The zero-order valence-electron chi connectivity index (χ0n) is 17.4. The second kappa shape index (κ2) is 7.86. The molecule has 1 atom stereocenters. The van der Waals surface area contributed by atoms with E-state index in [1.54, 1.807) is 19.1 Å². The average molecular weight is 443 g/mol. The number of rotatable bonds is 4. The SMILES string of the molecule is CC1=C(C(=O)Nc2ccc(F)cc2)[C@@H](c2ccc([N+](=O)[O-])cc2)n2c(nc3ccccc32)N1. The first-order valence-corrected chi connectivity index (χ1v) is 10.2. The number of nitro groups is 1. The molecule has 164 valence electrons. The fourth-order valence-corrected chi connectivity index (χ4v) is 4.08. The van der Waals surface area contributed by atoms with E-state index >= 15 is 0 Å². The Hall–Kier alpha value is -4.53. The Balaban J connectivity index is 1.65. The molecule has 0 radical (unpaired) electrons. The minimum Gasteiger partial charge on any atom is -0.329 e. The zero-order valence-corrected chi connectivity index (χ0v) is 17.4. The number of carbonyl (C=O) groups excluding carboxylic acids is 1. The van der Waals surface area contributed by atoms with E-state index in [1.165, 1.54) is 36.4 Å². The monoisotopic (exact) mass is 443 g/mol. The van der Waals surface area contributed by atoms with Crippen LogP contribution in [0.5, 0.6) is 0 Å². The first-order valence-electron chi connectivity index (χ1n) is 10.2. The highest BCUT2D eigenvalue weighted by Crippen LogP contribution is 2.39. The Morgan fingerprint density at radius 3 is 2.48 bits per heavy atom. The molecule has 8 nitrogen and oxygen atoms in total. The molecular weight excluding hydrogens is 425 g/mol. The number of aromatic nitrogens is 2. The summed E-state index contributed by atoms with van der Waals surface area (Å²) in [7, 11) is 0. The second-order valence-electron chi connectivity index (χ2n) is 7.67. The third-order valence-corrected chi connectivity index (χ3v) is 5.60. The summed E-state index contributed by atoms with van der Waals surface area (Å²) in [4.78, 5) is 28.8. The lowest BCUT2D eigenvalue weighted by atomic mass is 9.94. The Kier molecular flexibility index (Phi) is 4.86. The number of nitrogens with zero attached hydrogens (tertiary/aromatic N) is 3. The van der Waals surface area contributed by atoms with E-state index in [0.717, 1.165) is 11.0 Å². The highest BCUT2D eigenvalue weighted by Gasteiger charge is 2.34. The smallest absolute Gasteiger partial charge is 0.269 e. The van der Waals surface area contributed by atoms with Crippen LogP contribution in [0, 0.1) is 15.9 Å². The maximum Gasteiger partial charge on any atom is 0.269 e. The van der Waals surface area contributed by atoms with Gasteiger partial charge >= 0.3 is 0 Å². The number of imidazole rings is 1. The van der Waals surface area contributed by atoms with Gasteiger partial charge < -0.3 is 10.6 Å². The van der Waals surface area contributed by atoms with Crippen LogP contribution in [0.2, 0.25) is 0 Å². The van der Waals surface area contributed by atoms with Gasteiger partial charge in [0.1, 0.15) is 5.82 Å². The van der Waals surface area contributed by atoms with Crippen LogP contribution in [0.4, 0.5) is 21.7 Å². The minimum absolute atomic E-state index is 0.0404. The van der Waals surface area contributed by atoms with Crippen LogP contribution in [0.3, 0.4) is 0 Å². The van der Waals surface area contributed by atoms with Gasteiger partial charge in [-0.1, -0.05) is 12.1 Å².